The zero-order valence-electron chi connectivity index (χ0n) is 10.9. The summed E-state index contributed by atoms with van der Waals surface area (Å²) in [4.78, 5) is 2.21. The molecule has 1 aliphatic rings. The van der Waals surface area contributed by atoms with Crippen LogP contribution in [0.25, 0.3) is 11.3 Å². The van der Waals surface area contributed by atoms with Crippen molar-refractivity contribution < 1.29 is 4.39 Å². The zero-order chi connectivity index (χ0) is 13.4. The minimum atomic E-state index is -0.213. The predicted octanol–water partition coefficient (Wildman–Crippen LogP) is 2.41. The first-order valence-electron chi connectivity index (χ1n) is 6.49. The lowest BCUT2D eigenvalue weighted by Crippen LogP contribution is -2.18. The fraction of sp³-hybridized carbons (Fsp3) is 0.357. The van der Waals surface area contributed by atoms with Gasteiger partial charge in [-0.2, -0.15) is 5.10 Å². The standard InChI is InChI=1S/C14H17FN4/c1-18-14(16)9-12(17-18)11-5-4-10(15)8-13(11)19-6-2-3-7-19/h4-5,8-9H,2-3,6-7,16H2,1H3. The number of anilines is 2. The van der Waals surface area contributed by atoms with E-state index in [1.54, 1.807) is 23.9 Å². The summed E-state index contributed by atoms with van der Waals surface area (Å²) in [6, 6.07) is 6.67. The molecular weight excluding hydrogens is 243 g/mol. The van der Waals surface area contributed by atoms with E-state index in [0.717, 1.165) is 42.9 Å². The maximum absolute atomic E-state index is 13.5. The van der Waals surface area contributed by atoms with Gasteiger partial charge in [0.25, 0.3) is 0 Å². The van der Waals surface area contributed by atoms with Crippen molar-refractivity contribution in [2.75, 3.05) is 23.7 Å². The summed E-state index contributed by atoms with van der Waals surface area (Å²) in [5, 5.41) is 4.38. The Bertz CT molecular complexity index is 580. The van der Waals surface area contributed by atoms with E-state index in [1.807, 2.05) is 6.07 Å². The van der Waals surface area contributed by atoms with E-state index in [-0.39, 0.29) is 5.82 Å². The first-order chi connectivity index (χ1) is 9.15. The van der Waals surface area contributed by atoms with Crippen molar-refractivity contribution >= 4 is 11.5 Å². The molecule has 0 unspecified atom stereocenters. The summed E-state index contributed by atoms with van der Waals surface area (Å²) in [5.41, 5.74) is 8.47. The van der Waals surface area contributed by atoms with Gasteiger partial charge >= 0.3 is 0 Å². The third-order valence-electron chi connectivity index (χ3n) is 3.60. The van der Waals surface area contributed by atoms with Crippen molar-refractivity contribution in [1.29, 1.82) is 0 Å². The molecule has 1 saturated heterocycles. The van der Waals surface area contributed by atoms with Crippen LogP contribution in [-0.2, 0) is 7.05 Å². The molecule has 100 valence electrons. The molecule has 1 aromatic carbocycles. The third kappa shape index (κ3) is 2.16. The van der Waals surface area contributed by atoms with E-state index in [4.69, 9.17) is 5.73 Å². The maximum atomic E-state index is 13.5. The van der Waals surface area contributed by atoms with E-state index < -0.39 is 0 Å². The molecule has 4 nitrogen and oxygen atoms in total. The molecule has 1 aliphatic heterocycles. The number of rotatable bonds is 2. The smallest absolute Gasteiger partial charge is 0.125 e. The van der Waals surface area contributed by atoms with Crippen LogP contribution >= 0.6 is 0 Å². The highest BCUT2D eigenvalue weighted by molar-refractivity contribution is 5.77. The van der Waals surface area contributed by atoms with Crippen molar-refractivity contribution in [3.8, 4) is 11.3 Å². The molecule has 0 spiro atoms. The number of nitrogens with zero attached hydrogens (tertiary/aromatic N) is 3. The first kappa shape index (κ1) is 12.0. The molecule has 2 heterocycles. The van der Waals surface area contributed by atoms with Gasteiger partial charge < -0.3 is 10.6 Å². The number of aryl methyl sites for hydroxylation is 1. The predicted molar refractivity (Wildman–Crippen MR) is 74.5 cm³/mol. The van der Waals surface area contributed by atoms with E-state index >= 15 is 0 Å². The van der Waals surface area contributed by atoms with Gasteiger partial charge in [0.1, 0.15) is 11.6 Å². The number of nitrogen functional groups attached to an aromatic ring is 1. The average molecular weight is 260 g/mol. The SMILES string of the molecule is Cn1nc(-c2ccc(F)cc2N2CCCC2)cc1N. The quantitative estimate of drug-likeness (QED) is 0.902. The highest BCUT2D eigenvalue weighted by atomic mass is 19.1. The number of nitrogens with two attached hydrogens (primary N) is 1. The van der Waals surface area contributed by atoms with Crippen LogP contribution in [0.3, 0.4) is 0 Å². The van der Waals surface area contributed by atoms with Gasteiger partial charge in [-0.15, -0.1) is 0 Å². The second-order valence-electron chi connectivity index (χ2n) is 4.93. The Balaban J connectivity index is 2.09. The van der Waals surface area contributed by atoms with Crippen LogP contribution in [-0.4, -0.2) is 22.9 Å². The van der Waals surface area contributed by atoms with E-state index in [9.17, 15) is 4.39 Å². The maximum Gasteiger partial charge on any atom is 0.125 e. The molecule has 0 bridgehead atoms. The second kappa shape index (κ2) is 4.57. The highest BCUT2D eigenvalue weighted by Crippen LogP contribution is 2.33. The number of aromatic nitrogens is 2. The molecular formula is C14H17FN4. The van der Waals surface area contributed by atoms with Crippen LogP contribution in [0.5, 0.6) is 0 Å². The van der Waals surface area contributed by atoms with Gasteiger partial charge in [-0.3, -0.25) is 4.68 Å². The number of benzene rings is 1. The molecule has 0 atom stereocenters. The topological polar surface area (TPSA) is 47.1 Å². The Morgan fingerprint density at radius 1 is 1.21 bits per heavy atom. The van der Waals surface area contributed by atoms with Gasteiger partial charge in [0.2, 0.25) is 0 Å². The molecule has 1 fully saturated rings. The molecule has 2 N–H and O–H groups in total. The molecule has 0 aliphatic carbocycles. The number of hydrogen-bond donors (Lipinski definition) is 1. The van der Waals surface area contributed by atoms with Gasteiger partial charge in [0.15, 0.2) is 0 Å². The van der Waals surface area contributed by atoms with Crippen LogP contribution < -0.4 is 10.6 Å². The van der Waals surface area contributed by atoms with Crippen LogP contribution in [0.15, 0.2) is 24.3 Å². The Morgan fingerprint density at radius 2 is 1.95 bits per heavy atom. The molecule has 3 rings (SSSR count). The van der Waals surface area contributed by atoms with Gasteiger partial charge in [-0.05, 0) is 31.0 Å². The Hall–Kier alpha value is -2.04. The van der Waals surface area contributed by atoms with Crippen molar-refractivity contribution in [2.24, 2.45) is 7.05 Å². The summed E-state index contributed by atoms with van der Waals surface area (Å²) in [5.74, 6) is 0.390. The second-order valence-corrected chi connectivity index (χ2v) is 4.93. The molecule has 2 aromatic rings. The minimum Gasteiger partial charge on any atom is -0.384 e. The lowest BCUT2D eigenvalue weighted by Gasteiger charge is -2.20. The van der Waals surface area contributed by atoms with Crippen molar-refractivity contribution in [2.45, 2.75) is 12.8 Å². The van der Waals surface area contributed by atoms with Crippen LogP contribution in [0.1, 0.15) is 12.8 Å². The zero-order valence-corrected chi connectivity index (χ0v) is 10.9. The van der Waals surface area contributed by atoms with Crippen molar-refractivity contribution in [1.82, 2.24) is 9.78 Å². The fourth-order valence-corrected chi connectivity index (χ4v) is 2.55. The van der Waals surface area contributed by atoms with Crippen molar-refractivity contribution in [3.63, 3.8) is 0 Å². The van der Waals surface area contributed by atoms with E-state index in [2.05, 4.69) is 10.00 Å². The normalized spacial score (nSPS) is 15.2. The van der Waals surface area contributed by atoms with E-state index in [0.29, 0.717) is 5.82 Å². The number of hydrogen-bond acceptors (Lipinski definition) is 3. The lowest BCUT2D eigenvalue weighted by molar-refractivity contribution is 0.627. The Labute approximate surface area is 111 Å². The van der Waals surface area contributed by atoms with Crippen LogP contribution in [0, 0.1) is 5.82 Å². The summed E-state index contributed by atoms with van der Waals surface area (Å²) in [7, 11) is 1.80. The monoisotopic (exact) mass is 260 g/mol. The van der Waals surface area contributed by atoms with Crippen LogP contribution in [0.2, 0.25) is 0 Å². The van der Waals surface area contributed by atoms with Gasteiger partial charge in [0, 0.05) is 37.5 Å². The number of halogens is 1. The molecule has 0 amide bonds. The van der Waals surface area contributed by atoms with Gasteiger partial charge in [-0.1, -0.05) is 0 Å². The third-order valence-corrected chi connectivity index (χ3v) is 3.60. The lowest BCUT2D eigenvalue weighted by atomic mass is 10.1. The first-order valence-corrected chi connectivity index (χ1v) is 6.49. The Morgan fingerprint density at radius 3 is 2.58 bits per heavy atom. The highest BCUT2D eigenvalue weighted by Gasteiger charge is 2.19. The molecule has 1 aromatic heterocycles. The summed E-state index contributed by atoms with van der Waals surface area (Å²) < 4.78 is 15.2. The van der Waals surface area contributed by atoms with Gasteiger partial charge in [0.05, 0.1) is 5.69 Å². The summed E-state index contributed by atoms with van der Waals surface area (Å²) >= 11 is 0. The summed E-state index contributed by atoms with van der Waals surface area (Å²) in [6.07, 6.45) is 2.31. The summed E-state index contributed by atoms with van der Waals surface area (Å²) in [6.45, 7) is 1.94. The van der Waals surface area contributed by atoms with Crippen LogP contribution in [0.4, 0.5) is 15.9 Å². The molecule has 0 radical (unpaired) electrons. The van der Waals surface area contributed by atoms with Crippen molar-refractivity contribution in [3.05, 3.63) is 30.1 Å². The van der Waals surface area contributed by atoms with Gasteiger partial charge in [-0.25, -0.2) is 4.39 Å². The van der Waals surface area contributed by atoms with E-state index in [1.165, 1.54) is 6.07 Å². The molecule has 5 heteroatoms. The molecule has 0 saturated carbocycles. The largest absolute Gasteiger partial charge is 0.384 e. The fourth-order valence-electron chi connectivity index (χ4n) is 2.55. The molecule has 19 heavy (non-hydrogen) atoms. The average Bonchev–Trinajstić information content (AvgIpc) is 3.00. The Kier molecular flexibility index (Phi) is 2.89. The minimum absolute atomic E-state index is 0.213.